The highest BCUT2D eigenvalue weighted by Gasteiger charge is 2.18. The lowest BCUT2D eigenvalue weighted by Gasteiger charge is -2.16. The Hall–Kier alpha value is -2.75. The molecular weight excluding hydrogens is 258 g/mol. The Labute approximate surface area is 114 Å². The fraction of sp³-hybridized carbons (Fsp3) is 0.308. The fourth-order valence-electron chi connectivity index (χ4n) is 2.40. The van der Waals surface area contributed by atoms with Crippen molar-refractivity contribution in [3.8, 4) is 11.9 Å². The Morgan fingerprint density at radius 3 is 2.90 bits per heavy atom. The van der Waals surface area contributed by atoms with E-state index in [-0.39, 0.29) is 5.69 Å². The lowest BCUT2D eigenvalue weighted by atomic mass is 9.95. The monoisotopic (exact) mass is 269 g/mol. The van der Waals surface area contributed by atoms with E-state index in [1.165, 1.54) is 10.9 Å². The van der Waals surface area contributed by atoms with Gasteiger partial charge in [0.1, 0.15) is 18.5 Å². The minimum atomic E-state index is -0.520. The molecule has 0 aromatic carbocycles. The molecule has 0 radical (unpaired) electrons. The van der Waals surface area contributed by atoms with E-state index in [9.17, 15) is 15.4 Å². The normalized spacial score (nSPS) is 13.6. The molecule has 0 saturated carbocycles. The summed E-state index contributed by atoms with van der Waals surface area (Å²) in [5, 5.41) is 23.9. The molecule has 0 bridgehead atoms. The van der Waals surface area contributed by atoms with Gasteiger partial charge in [-0.15, -0.1) is 0 Å². The number of aryl methyl sites for hydroxylation is 2. The van der Waals surface area contributed by atoms with E-state index in [0.29, 0.717) is 11.4 Å². The van der Waals surface area contributed by atoms with Crippen LogP contribution in [0.5, 0.6) is 0 Å². The molecule has 0 fully saturated rings. The van der Waals surface area contributed by atoms with E-state index < -0.39 is 4.92 Å². The smallest absolute Gasteiger partial charge is 0.258 e. The van der Waals surface area contributed by atoms with Crippen molar-refractivity contribution >= 4 is 5.69 Å². The van der Waals surface area contributed by atoms with Gasteiger partial charge in [-0.3, -0.25) is 10.1 Å². The summed E-state index contributed by atoms with van der Waals surface area (Å²) < 4.78 is 1.30. The van der Waals surface area contributed by atoms with Crippen LogP contribution in [0.25, 0.3) is 5.82 Å². The molecule has 0 N–H and O–H groups in total. The third-order valence-corrected chi connectivity index (χ3v) is 3.40. The first kappa shape index (κ1) is 12.3. The van der Waals surface area contributed by atoms with Gasteiger partial charge in [0.05, 0.1) is 10.5 Å². The minimum absolute atomic E-state index is 0.117. The second-order valence-corrected chi connectivity index (χ2v) is 4.68. The third-order valence-electron chi connectivity index (χ3n) is 3.40. The number of fused-ring (bicyclic) bond motifs is 1. The first-order valence-electron chi connectivity index (χ1n) is 6.31. The zero-order chi connectivity index (χ0) is 14.1. The van der Waals surface area contributed by atoms with Crippen molar-refractivity contribution in [1.29, 1.82) is 5.26 Å². The zero-order valence-electron chi connectivity index (χ0n) is 10.6. The minimum Gasteiger partial charge on any atom is -0.258 e. The summed E-state index contributed by atoms with van der Waals surface area (Å²) in [6.07, 6.45) is 6.41. The highest BCUT2D eigenvalue weighted by Crippen LogP contribution is 2.24. The number of hydrogen-bond donors (Lipinski definition) is 0. The maximum absolute atomic E-state index is 10.7. The van der Waals surface area contributed by atoms with Gasteiger partial charge in [-0.05, 0) is 37.3 Å². The number of rotatable bonds is 2. The van der Waals surface area contributed by atoms with Crippen molar-refractivity contribution in [2.24, 2.45) is 0 Å². The summed E-state index contributed by atoms with van der Waals surface area (Å²) in [6, 6.07) is 3.91. The first-order valence-corrected chi connectivity index (χ1v) is 6.31. The molecule has 0 spiro atoms. The number of pyridine rings is 1. The standard InChI is InChI=1S/C13H11N5O2/c14-6-10-5-9-3-1-2-4-12(9)16-13(10)17-8-11(7-15-17)18(19)20/h5,7-8H,1-4H2. The summed E-state index contributed by atoms with van der Waals surface area (Å²) >= 11 is 0. The summed E-state index contributed by atoms with van der Waals surface area (Å²) in [4.78, 5) is 14.7. The molecule has 1 aliphatic carbocycles. The Morgan fingerprint density at radius 1 is 1.40 bits per heavy atom. The van der Waals surface area contributed by atoms with Gasteiger partial charge in [0, 0.05) is 5.69 Å². The Kier molecular flexibility index (Phi) is 2.91. The lowest BCUT2D eigenvalue weighted by molar-refractivity contribution is -0.384. The predicted octanol–water partition coefficient (Wildman–Crippen LogP) is 1.93. The maximum Gasteiger partial charge on any atom is 0.307 e. The van der Waals surface area contributed by atoms with Crippen LogP contribution >= 0.6 is 0 Å². The van der Waals surface area contributed by atoms with E-state index >= 15 is 0 Å². The summed E-state index contributed by atoms with van der Waals surface area (Å²) in [5.41, 5.74) is 2.33. The Balaban J connectivity index is 2.12. The van der Waals surface area contributed by atoms with Crippen molar-refractivity contribution in [2.45, 2.75) is 25.7 Å². The van der Waals surface area contributed by atoms with Crippen LogP contribution < -0.4 is 0 Å². The quantitative estimate of drug-likeness (QED) is 0.612. The van der Waals surface area contributed by atoms with Crippen LogP contribution in [-0.4, -0.2) is 19.7 Å². The van der Waals surface area contributed by atoms with Gasteiger partial charge in [-0.1, -0.05) is 0 Å². The number of aromatic nitrogens is 3. The van der Waals surface area contributed by atoms with E-state index in [1.807, 2.05) is 6.07 Å². The van der Waals surface area contributed by atoms with E-state index in [0.717, 1.165) is 43.1 Å². The molecule has 100 valence electrons. The van der Waals surface area contributed by atoms with E-state index in [4.69, 9.17) is 0 Å². The molecule has 0 aliphatic heterocycles. The van der Waals surface area contributed by atoms with Crippen LogP contribution in [-0.2, 0) is 12.8 Å². The summed E-state index contributed by atoms with van der Waals surface area (Å²) in [5.74, 6) is 0.362. The molecular formula is C13H11N5O2. The highest BCUT2D eigenvalue weighted by molar-refractivity contribution is 5.48. The van der Waals surface area contributed by atoms with Crippen LogP contribution in [0.2, 0.25) is 0 Å². The van der Waals surface area contributed by atoms with Crippen molar-refractivity contribution in [1.82, 2.24) is 14.8 Å². The number of hydrogen-bond acceptors (Lipinski definition) is 5. The van der Waals surface area contributed by atoms with Gasteiger partial charge < -0.3 is 0 Å². The first-order chi connectivity index (χ1) is 9.69. The second-order valence-electron chi connectivity index (χ2n) is 4.68. The second kappa shape index (κ2) is 4.74. The topological polar surface area (TPSA) is 97.6 Å². The fourth-order valence-corrected chi connectivity index (χ4v) is 2.40. The lowest BCUT2D eigenvalue weighted by Crippen LogP contribution is -2.11. The molecule has 1 aliphatic rings. The molecule has 0 atom stereocenters. The molecule has 7 nitrogen and oxygen atoms in total. The molecule has 2 heterocycles. The van der Waals surface area contributed by atoms with Gasteiger partial charge in [-0.25, -0.2) is 9.67 Å². The van der Waals surface area contributed by atoms with Crippen LogP contribution in [0, 0.1) is 21.4 Å². The number of nitrogens with zero attached hydrogens (tertiary/aromatic N) is 5. The molecule has 2 aromatic rings. The highest BCUT2D eigenvalue weighted by atomic mass is 16.6. The molecule has 0 amide bonds. The Bertz CT molecular complexity index is 729. The Morgan fingerprint density at radius 2 is 2.20 bits per heavy atom. The van der Waals surface area contributed by atoms with Crippen molar-refractivity contribution in [2.75, 3.05) is 0 Å². The molecule has 0 unspecified atom stereocenters. The van der Waals surface area contributed by atoms with Crippen molar-refractivity contribution in [3.05, 3.63) is 45.4 Å². The van der Waals surface area contributed by atoms with Crippen LogP contribution in [0.3, 0.4) is 0 Å². The predicted molar refractivity (Wildman–Crippen MR) is 69.4 cm³/mol. The van der Waals surface area contributed by atoms with E-state index in [1.54, 1.807) is 0 Å². The third kappa shape index (κ3) is 2.01. The number of nitriles is 1. The van der Waals surface area contributed by atoms with Gasteiger partial charge in [0.25, 0.3) is 0 Å². The average Bonchev–Trinajstić information content (AvgIpc) is 2.95. The summed E-state index contributed by atoms with van der Waals surface area (Å²) in [6.45, 7) is 0. The molecule has 7 heteroatoms. The van der Waals surface area contributed by atoms with Gasteiger partial charge in [0.2, 0.25) is 0 Å². The maximum atomic E-state index is 10.7. The summed E-state index contributed by atoms with van der Waals surface area (Å²) in [7, 11) is 0. The van der Waals surface area contributed by atoms with Gasteiger partial charge in [0.15, 0.2) is 5.82 Å². The van der Waals surface area contributed by atoms with Gasteiger partial charge in [-0.2, -0.15) is 10.4 Å². The zero-order valence-corrected chi connectivity index (χ0v) is 10.6. The van der Waals surface area contributed by atoms with Crippen molar-refractivity contribution < 1.29 is 4.92 Å². The largest absolute Gasteiger partial charge is 0.307 e. The van der Waals surface area contributed by atoms with E-state index in [2.05, 4.69) is 16.2 Å². The number of nitro groups is 1. The molecule has 20 heavy (non-hydrogen) atoms. The molecule has 2 aromatic heterocycles. The molecule has 3 rings (SSSR count). The van der Waals surface area contributed by atoms with Gasteiger partial charge >= 0.3 is 5.69 Å². The van der Waals surface area contributed by atoms with Crippen molar-refractivity contribution in [3.63, 3.8) is 0 Å². The van der Waals surface area contributed by atoms with Crippen LogP contribution in [0.1, 0.15) is 29.7 Å². The van der Waals surface area contributed by atoms with Crippen LogP contribution in [0.4, 0.5) is 5.69 Å². The van der Waals surface area contributed by atoms with Crippen LogP contribution in [0.15, 0.2) is 18.5 Å². The SMILES string of the molecule is N#Cc1cc2c(nc1-n1cc([N+](=O)[O-])cn1)CCCC2. The molecule has 0 saturated heterocycles. The average molecular weight is 269 g/mol.